The van der Waals surface area contributed by atoms with E-state index in [2.05, 4.69) is 20.6 Å². The zero-order valence-corrected chi connectivity index (χ0v) is 18.7. The normalized spacial score (nSPS) is 11.6. The molecule has 0 bridgehead atoms. The summed E-state index contributed by atoms with van der Waals surface area (Å²) in [5.41, 5.74) is -0.122. The molecule has 6 nitrogen and oxygen atoms in total. The van der Waals surface area contributed by atoms with Crippen molar-refractivity contribution in [1.82, 2.24) is 10.3 Å². The summed E-state index contributed by atoms with van der Waals surface area (Å²) in [6, 6.07) is 5.37. The Morgan fingerprint density at radius 1 is 1.29 bits per heavy atom. The molecule has 156 valence electrons. The van der Waals surface area contributed by atoms with Gasteiger partial charge in [-0.05, 0) is 19.1 Å². The third kappa shape index (κ3) is 7.00. The minimum absolute atomic E-state index is 0. The highest BCUT2D eigenvalue weighted by molar-refractivity contribution is 14.0. The van der Waals surface area contributed by atoms with Gasteiger partial charge in [0.05, 0.1) is 18.7 Å². The van der Waals surface area contributed by atoms with Crippen LogP contribution in [0.5, 0.6) is 11.5 Å². The number of hydrogen-bond acceptors (Lipinski definition) is 5. The average molecular weight is 530 g/mol. The number of benzene rings is 1. The van der Waals surface area contributed by atoms with Gasteiger partial charge in [-0.3, -0.25) is 4.99 Å². The Morgan fingerprint density at radius 3 is 2.61 bits per heavy atom. The second kappa shape index (κ2) is 11.3. The summed E-state index contributed by atoms with van der Waals surface area (Å²) in [4.78, 5) is 7.70. The van der Waals surface area contributed by atoms with E-state index in [0.29, 0.717) is 42.0 Å². The van der Waals surface area contributed by atoms with Crippen LogP contribution in [0.4, 0.5) is 18.9 Å². The third-order valence-corrected chi connectivity index (χ3v) is 4.33. The Bertz CT molecular complexity index is 784. The first kappa shape index (κ1) is 24.3. The van der Waals surface area contributed by atoms with Crippen molar-refractivity contribution in [3.63, 3.8) is 0 Å². The number of thiazole rings is 1. The number of hydrogen-bond donors (Lipinski definition) is 2. The van der Waals surface area contributed by atoms with E-state index in [9.17, 15) is 13.2 Å². The monoisotopic (exact) mass is 530 g/mol. The average Bonchev–Trinajstić information content (AvgIpc) is 3.11. The molecule has 2 aromatic rings. The second-order valence-electron chi connectivity index (χ2n) is 5.30. The van der Waals surface area contributed by atoms with Gasteiger partial charge in [-0.15, -0.1) is 35.3 Å². The molecule has 0 aliphatic rings. The van der Waals surface area contributed by atoms with Gasteiger partial charge in [-0.25, -0.2) is 4.98 Å². The maximum absolute atomic E-state index is 12.6. The molecular weight excluding hydrogens is 508 g/mol. The van der Waals surface area contributed by atoms with Gasteiger partial charge >= 0.3 is 6.18 Å². The number of ether oxygens (including phenoxy) is 2. The van der Waals surface area contributed by atoms with Gasteiger partial charge in [0.2, 0.25) is 0 Å². The lowest BCUT2D eigenvalue weighted by Gasteiger charge is -2.14. The highest BCUT2D eigenvalue weighted by Gasteiger charge is 2.33. The Morgan fingerprint density at radius 2 is 2.04 bits per heavy atom. The Balaban J connectivity index is 0.00000392. The number of nitrogens with one attached hydrogen (secondary N) is 2. The van der Waals surface area contributed by atoms with Crippen LogP contribution in [0.25, 0.3) is 0 Å². The SMILES string of the molecule is CCOc1ccc(NC(=NC)NCCc2nc(C(F)(F)F)cs2)cc1OC.I. The van der Waals surface area contributed by atoms with E-state index >= 15 is 0 Å². The Labute approximate surface area is 182 Å². The number of alkyl halides is 3. The van der Waals surface area contributed by atoms with E-state index in [-0.39, 0.29) is 24.0 Å². The van der Waals surface area contributed by atoms with Crippen LogP contribution in [0.1, 0.15) is 17.6 Å². The summed E-state index contributed by atoms with van der Waals surface area (Å²) in [5.74, 6) is 1.70. The highest BCUT2D eigenvalue weighted by atomic mass is 127. The predicted octanol–water partition coefficient (Wildman–Crippen LogP) is 4.42. The molecular formula is C17H22F3IN4O2S. The van der Waals surface area contributed by atoms with Gasteiger partial charge < -0.3 is 20.1 Å². The van der Waals surface area contributed by atoms with Gasteiger partial charge in [0.25, 0.3) is 0 Å². The Hall–Kier alpha value is -1.76. The largest absolute Gasteiger partial charge is 0.493 e. The van der Waals surface area contributed by atoms with Crippen molar-refractivity contribution in [1.29, 1.82) is 0 Å². The molecule has 28 heavy (non-hydrogen) atoms. The quantitative estimate of drug-likeness (QED) is 0.316. The number of nitrogens with zero attached hydrogens (tertiary/aromatic N) is 2. The zero-order chi connectivity index (χ0) is 19.9. The summed E-state index contributed by atoms with van der Waals surface area (Å²) in [7, 11) is 3.16. The van der Waals surface area contributed by atoms with Crippen LogP contribution < -0.4 is 20.1 Å². The lowest BCUT2D eigenvalue weighted by Crippen LogP contribution is -2.32. The van der Waals surface area contributed by atoms with Gasteiger partial charge in [-0.2, -0.15) is 13.2 Å². The fourth-order valence-electron chi connectivity index (χ4n) is 2.18. The molecule has 0 amide bonds. The van der Waals surface area contributed by atoms with Crippen LogP contribution in [-0.4, -0.2) is 38.3 Å². The molecule has 0 saturated heterocycles. The van der Waals surface area contributed by atoms with E-state index in [4.69, 9.17) is 9.47 Å². The van der Waals surface area contributed by atoms with E-state index in [1.165, 1.54) is 0 Å². The molecule has 1 aromatic heterocycles. The lowest BCUT2D eigenvalue weighted by atomic mass is 10.2. The predicted molar refractivity (Wildman–Crippen MR) is 115 cm³/mol. The number of methoxy groups -OCH3 is 1. The van der Waals surface area contributed by atoms with Gasteiger partial charge in [-0.1, -0.05) is 0 Å². The van der Waals surface area contributed by atoms with E-state index in [1.54, 1.807) is 26.3 Å². The maximum Gasteiger partial charge on any atom is 0.434 e. The van der Waals surface area contributed by atoms with Crippen LogP contribution in [0, 0.1) is 0 Å². The van der Waals surface area contributed by atoms with Gasteiger partial charge in [0.1, 0.15) is 0 Å². The third-order valence-electron chi connectivity index (χ3n) is 3.42. The molecule has 1 heterocycles. The second-order valence-corrected chi connectivity index (χ2v) is 6.24. The fraction of sp³-hybridized carbons (Fsp3) is 0.412. The molecule has 0 aliphatic heterocycles. The van der Waals surface area contributed by atoms with Crippen molar-refractivity contribution in [3.05, 3.63) is 34.3 Å². The first-order valence-corrected chi connectivity index (χ1v) is 9.05. The molecule has 0 aliphatic carbocycles. The topological polar surface area (TPSA) is 67.8 Å². The van der Waals surface area contributed by atoms with Crippen molar-refractivity contribution < 1.29 is 22.6 Å². The number of anilines is 1. The first-order valence-electron chi connectivity index (χ1n) is 8.17. The molecule has 0 radical (unpaired) electrons. The molecule has 2 rings (SSSR count). The molecule has 0 unspecified atom stereocenters. The number of rotatable bonds is 7. The Kier molecular flexibility index (Phi) is 9.79. The number of halogens is 4. The van der Waals surface area contributed by atoms with Gasteiger partial charge in [0, 0.05) is 37.1 Å². The van der Waals surface area contributed by atoms with Crippen LogP contribution in [-0.2, 0) is 12.6 Å². The summed E-state index contributed by atoms with van der Waals surface area (Å²) in [6.45, 7) is 2.80. The van der Waals surface area contributed by atoms with E-state index in [1.807, 2.05) is 13.0 Å². The van der Waals surface area contributed by atoms with Gasteiger partial charge in [0.15, 0.2) is 23.2 Å². The van der Waals surface area contributed by atoms with E-state index < -0.39 is 11.9 Å². The maximum atomic E-state index is 12.6. The fourth-order valence-corrected chi connectivity index (χ4v) is 2.98. The minimum Gasteiger partial charge on any atom is -0.493 e. The molecule has 0 fully saturated rings. The smallest absolute Gasteiger partial charge is 0.434 e. The molecule has 0 spiro atoms. The number of aliphatic imine (C=N–C) groups is 1. The summed E-state index contributed by atoms with van der Waals surface area (Å²) < 4.78 is 48.5. The van der Waals surface area contributed by atoms with Crippen LogP contribution in [0.15, 0.2) is 28.6 Å². The first-order chi connectivity index (χ1) is 12.9. The number of aromatic nitrogens is 1. The number of guanidine groups is 1. The molecule has 0 saturated carbocycles. The van der Waals surface area contributed by atoms with Crippen LogP contribution >= 0.6 is 35.3 Å². The van der Waals surface area contributed by atoms with Crippen LogP contribution in [0.2, 0.25) is 0 Å². The molecule has 2 N–H and O–H groups in total. The highest BCUT2D eigenvalue weighted by Crippen LogP contribution is 2.31. The van der Waals surface area contributed by atoms with Crippen LogP contribution in [0.3, 0.4) is 0 Å². The molecule has 1 aromatic carbocycles. The van der Waals surface area contributed by atoms with Crippen molar-refractivity contribution >= 4 is 47.0 Å². The molecule has 0 atom stereocenters. The van der Waals surface area contributed by atoms with Crippen molar-refractivity contribution in [2.75, 3.05) is 32.6 Å². The summed E-state index contributed by atoms with van der Waals surface area (Å²) >= 11 is 0.989. The summed E-state index contributed by atoms with van der Waals surface area (Å²) in [5, 5.41) is 7.57. The minimum atomic E-state index is -4.41. The van der Waals surface area contributed by atoms with Crippen molar-refractivity contribution in [2.45, 2.75) is 19.5 Å². The van der Waals surface area contributed by atoms with Crippen molar-refractivity contribution in [3.8, 4) is 11.5 Å². The van der Waals surface area contributed by atoms with Crippen molar-refractivity contribution in [2.24, 2.45) is 4.99 Å². The molecule has 11 heteroatoms. The zero-order valence-electron chi connectivity index (χ0n) is 15.6. The lowest BCUT2D eigenvalue weighted by molar-refractivity contribution is -0.140. The standard InChI is InChI=1S/C17H21F3N4O2S.HI/c1-4-26-12-6-5-11(9-13(12)25-3)23-16(21-2)22-8-7-15-24-14(10-27-15)17(18,19)20;/h5-6,9-10H,4,7-8H2,1-3H3,(H2,21,22,23);1H. The van der Waals surface area contributed by atoms with E-state index in [0.717, 1.165) is 22.4 Å². The summed E-state index contributed by atoms with van der Waals surface area (Å²) in [6.07, 6.45) is -4.06.